The molecular formula is C13H16N2O2. The Hall–Kier alpha value is -1.86. The van der Waals surface area contributed by atoms with Crippen molar-refractivity contribution >= 4 is 5.97 Å². The van der Waals surface area contributed by atoms with Crippen LogP contribution in [0.4, 0.5) is 0 Å². The molecule has 1 N–H and O–H groups in total. The molecular weight excluding hydrogens is 216 g/mol. The van der Waals surface area contributed by atoms with Crippen LogP contribution in [0.3, 0.4) is 0 Å². The molecule has 4 nitrogen and oxygen atoms in total. The third-order valence-corrected chi connectivity index (χ3v) is 2.32. The molecule has 0 fully saturated rings. The zero-order chi connectivity index (χ0) is 12.9. The summed E-state index contributed by atoms with van der Waals surface area (Å²) in [4.78, 5) is 15.3. The molecule has 0 atom stereocenters. The maximum absolute atomic E-state index is 11.2. The average molecular weight is 232 g/mol. The predicted octanol–water partition coefficient (Wildman–Crippen LogP) is 1.37. The van der Waals surface area contributed by atoms with Crippen LogP contribution >= 0.6 is 0 Å². The van der Waals surface area contributed by atoms with Crippen molar-refractivity contribution in [2.75, 3.05) is 7.11 Å². The van der Waals surface area contributed by atoms with E-state index in [1.807, 2.05) is 13.8 Å². The number of ether oxygens (including phenoxy) is 1. The summed E-state index contributed by atoms with van der Waals surface area (Å²) in [6.45, 7) is 4.38. The van der Waals surface area contributed by atoms with Gasteiger partial charge in [-0.3, -0.25) is 10.3 Å². The second kappa shape index (κ2) is 5.46. The van der Waals surface area contributed by atoms with Crippen LogP contribution in [0.15, 0.2) is 18.3 Å². The number of nitrogens with zero attached hydrogens (tertiary/aromatic N) is 1. The van der Waals surface area contributed by atoms with Crippen molar-refractivity contribution < 1.29 is 9.53 Å². The Bertz CT molecular complexity index is 430. The van der Waals surface area contributed by atoms with Gasteiger partial charge in [0.1, 0.15) is 0 Å². The number of hydrogen-bond acceptors (Lipinski definition) is 4. The van der Waals surface area contributed by atoms with E-state index in [-0.39, 0.29) is 11.5 Å². The van der Waals surface area contributed by atoms with E-state index in [9.17, 15) is 4.79 Å². The summed E-state index contributed by atoms with van der Waals surface area (Å²) >= 11 is 0. The van der Waals surface area contributed by atoms with E-state index in [1.165, 1.54) is 13.3 Å². The first-order valence-corrected chi connectivity index (χ1v) is 5.24. The lowest BCUT2D eigenvalue weighted by Crippen LogP contribution is -2.37. The first-order chi connectivity index (χ1) is 7.98. The Morgan fingerprint density at radius 2 is 2.29 bits per heavy atom. The highest BCUT2D eigenvalue weighted by molar-refractivity contribution is 5.88. The monoisotopic (exact) mass is 232 g/mol. The summed E-state index contributed by atoms with van der Waals surface area (Å²) in [6.07, 6.45) is 6.85. The molecule has 0 bridgehead atoms. The highest BCUT2D eigenvalue weighted by Crippen LogP contribution is 2.04. The number of hydrogen-bond donors (Lipinski definition) is 1. The van der Waals surface area contributed by atoms with Crippen LogP contribution in [0.5, 0.6) is 0 Å². The smallest absolute Gasteiger partial charge is 0.339 e. The SMILES string of the molecule is C#CC(C)(C)NCc1ccc(C(=O)OC)cn1. The third-order valence-electron chi connectivity index (χ3n) is 2.32. The molecule has 0 unspecified atom stereocenters. The Kier molecular flexibility index (Phi) is 4.24. The molecule has 0 aliphatic heterocycles. The van der Waals surface area contributed by atoms with Gasteiger partial charge in [0.05, 0.1) is 23.9 Å². The van der Waals surface area contributed by atoms with Crippen LogP contribution in [-0.4, -0.2) is 23.6 Å². The van der Waals surface area contributed by atoms with Crippen molar-refractivity contribution in [3.63, 3.8) is 0 Å². The minimum Gasteiger partial charge on any atom is -0.465 e. The standard InChI is InChI=1S/C13H16N2O2/c1-5-13(2,3)15-9-11-7-6-10(8-14-11)12(16)17-4/h1,6-8,15H,9H2,2-4H3. The number of carbonyl (C=O) groups excluding carboxylic acids is 1. The summed E-state index contributed by atoms with van der Waals surface area (Å²) in [5, 5.41) is 3.17. The van der Waals surface area contributed by atoms with Crippen LogP contribution in [0.25, 0.3) is 0 Å². The molecule has 0 radical (unpaired) electrons. The fourth-order valence-corrected chi connectivity index (χ4v) is 1.13. The van der Waals surface area contributed by atoms with E-state index in [0.29, 0.717) is 12.1 Å². The van der Waals surface area contributed by atoms with Crippen molar-refractivity contribution in [3.8, 4) is 12.3 Å². The first kappa shape index (κ1) is 13.2. The zero-order valence-corrected chi connectivity index (χ0v) is 10.3. The number of rotatable bonds is 4. The van der Waals surface area contributed by atoms with Gasteiger partial charge in [0.2, 0.25) is 0 Å². The van der Waals surface area contributed by atoms with Crippen molar-refractivity contribution in [3.05, 3.63) is 29.6 Å². The summed E-state index contributed by atoms with van der Waals surface area (Å²) in [5.41, 5.74) is 0.885. The minimum absolute atomic E-state index is 0.372. The summed E-state index contributed by atoms with van der Waals surface area (Å²) < 4.78 is 4.59. The first-order valence-electron chi connectivity index (χ1n) is 5.24. The maximum Gasteiger partial charge on any atom is 0.339 e. The van der Waals surface area contributed by atoms with Gasteiger partial charge in [-0.05, 0) is 26.0 Å². The van der Waals surface area contributed by atoms with Crippen molar-refractivity contribution in [2.24, 2.45) is 0 Å². The van der Waals surface area contributed by atoms with E-state index in [4.69, 9.17) is 6.42 Å². The van der Waals surface area contributed by atoms with E-state index in [1.54, 1.807) is 12.1 Å². The fourth-order valence-electron chi connectivity index (χ4n) is 1.13. The molecule has 1 aromatic heterocycles. The molecule has 0 saturated heterocycles. The predicted molar refractivity (Wildman–Crippen MR) is 65.3 cm³/mol. The Morgan fingerprint density at radius 3 is 2.76 bits per heavy atom. The van der Waals surface area contributed by atoms with E-state index in [0.717, 1.165) is 5.69 Å². The Morgan fingerprint density at radius 1 is 1.59 bits per heavy atom. The largest absolute Gasteiger partial charge is 0.465 e. The lowest BCUT2D eigenvalue weighted by atomic mass is 10.1. The van der Waals surface area contributed by atoms with Gasteiger partial charge < -0.3 is 4.74 Å². The number of pyridine rings is 1. The van der Waals surface area contributed by atoms with E-state index in [2.05, 4.69) is 21.0 Å². The Labute approximate surface area is 101 Å². The highest BCUT2D eigenvalue weighted by Gasteiger charge is 2.12. The van der Waals surface area contributed by atoms with Crippen LogP contribution in [0.2, 0.25) is 0 Å². The Balaban J connectivity index is 2.64. The zero-order valence-electron chi connectivity index (χ0n) is 10.3. The fraction of sp³-hybridized carbons (Fsp3) is 0.385. The summed E-state index contributed by atoms with van der Waals surface area (Å²) in [7, 11) is 1.34. The molecule has 1 aromatic rings. The van der Waals surface area contributed by atoms with Crippen LogP contribution in [0.1, 0.15) is 29.9 Å². The lowest BCUT2D eigenvalue weighted by molar-refractivity contribution is 0.0600. The molecule has 1 heterocycles. The van der Waals surface area contributed by atoms with Crippen LogP contribution in [0, 0.1) is 12.3 Å². The molecule has 17 heavy (non-hydrogen) atoms. The van der Waals surface area contributed by atoms with Gasteiger partial charge >= 0.3 is 5.97 Å². The molecule has 0 aliphatic carbocycles. The lowest BCUT2D eigenvalue weighted by Gasteiger charge is -2.19. The molecule has 0 aliphatic rings. The topological polar surface area (TPSA) is 51.2 Å². The molecule has 0 saturated carbocycles. The summed E-state index contributed by atoms with van der Waals surface area (Å²) in [5.74, 6) is 2.25. The van der Waals surface area contributed by atoms with Gasteiger partial charge in [0.25, 0.3) is 0 Å². The van der Waals surface area contributed by atoms with Gasteiger partial charge in [-0.15, -0.1) is 6.42 Å². The second-order valence-corrected chi connectivity index (χ2v) is 4.15. The maximum atomic E-state index is 11.2. The minimum atomic E-state index is -0.388. The van der Waals surface area contributed by atoms with Crippen LogP contribution in [-0.2, 0) is 11.3 Å². The highest BCUT2D eigenvalue weighted by atomic mass is 16.5. The van der Waals surface area contributed by atoms with Crippen molar-refractivity contribution in [2.45, 2.75) is 25.9 Å². The number of esters is 1. The molecule has 90 valence electrons. The quantitative estimate of drug-likeness (QED) is 0.629. The van der Waals surface area contributed by atoms with Gasteiger partial charge in [-0.2, -0.15) is 0 Å². The van der Waals surface area contributed by atoms with Crippen LogP contribution < -0.4 is 5.32 Å². The second-order valence-electron chi connectivity index (χ2n) is 4.15. The van der Waals surface area contributed by atoms with Gasteiger partial charge in [-0.1, -0.05) is 5.92 Å². The molecule has 0 amide bonds. The van der Waals surface area contributed by atoms with Gasteiger partial charge in [-0.25, -0.2) is 4.79 Å². The van der Waals surface area contributed by atoms with Crippen molar-refractivity contribution in [1.29, 1.82) is 0 Å². The van der Waals surface area contributed by atoms with Gasteiger partial charge in [0.15, 0.2) is 0 Å². The molecule has 0 aromatic carbocycles. The van der Waals surface area contributed by atoms with Crippen molar-refractivity contribution in [1.82, 2.24) is 10.3 Å². The third kappa shape index (κ3) is 3.89. The molecule has 0 spiro atoms. The number of aromatic nitrogens is 1. The number of nitrogens with one attached hydrogen (secondary N) is 1. The van der Waals surface area contributed by atoms with Gasteiger partial charge in [0, 0.05) is 12.7 Å². The van der Waals surface area contributed by atoms with E-state index >= 15 is 0 Å². The number of methoxy groups -OCH3 is 1. The number of terminal acetylenes is 1. The average Bonchev–Trinajstić information content (AvgIpc) is 2.36. The normalized spacial score (nSPS) is 10.7. The van der Waals surface area contributed by atoms with E-state index < -0.39 is 0 Å². The molecule has 4 heteroatoms. The molecule has 1 rings (SSSR count). The summed E-state index contributed by atoms with van der Waals surface area (Å²) in [6, 6.07) is 3.45. The number of carbonyl (C=O) groups is 1.